The number of aryl methyl sites for hydroxylation is 2. The highest BCUT2D eigenvalue weighted by Gasteiger charge is 2.13. The molecule has 134 valence electrons. The van der Waals surface area contributed by atoms with Crippen LogP contribution in [0.5, 0.6) is 5.75 Å². The van der Waals surface area contributed by atoms with E-state index in [9.17, 15) is 9.59 Å². The van der Waals surface area contributed by atoms with Gasteiger partial charge in [-0.3, -0.25) is 10.1 Å². The number of hydrogen-bond acceptors (Lipinski definition) is 7. The lowest BCUT2D eigenvalue weighted by Gasteiger charge is -2.11. The van der Waals surface area contributed by atoms with Crippen molar-refractivity contribution in [3.05, 3.63) is 35.2 Å². The number of urea groups is 1. The number of aromatic nitrogens is 3. The Morgan fingerprint density at radius 1 is 1.28 bits per heavy atom. The number of primary amides is 1. The third-order valence-electron chi connectivity index (χ3n) is 3.31. The summed E-state index contributed by atoms with van der Waals surface area (Å²) in [6.07, 6.45) is 0.106. The highest BCUT2D eigenvalue weighted by atomic mass is 32.2. The van der Waals surface area contributed by atoms with Crippen molar-refractivity contribution < 1.29 is 14.3 Å². The van der Waals surface area contributed by atoms with Crippen molar-refractivity contribution in [3.8, 4) is 5.75 Å². The lowest BCUT2D eigenvalue weighted by Crippen LogP contribution is -2.35. The van der Waals surface area contributed by atoms with Gasteiger partial charge in [0.1, 0.15) is 12.4 Å². The minimum atomic E-state index is -0.872. The standard InChI is InChI=1S/C15H20N6O3S/c1-9-4-3-5-10(2)13(9)24-8-11-19-20-15(21(11)17)25-7-6-12(22)18-14(16)23/h3-5H,6-8,17H2,1-2H3,(H3,16,18,22,23). The van der Waals surface area contributed by atoms with Crippen molar-refractivity contribution in [2.45, 2.75) is 32.0 Å². The largest absolute Gasteiger partial charge is 0.485 e. The molecule has 1 heterocycles. The third-order valence-corrected chi connectivity index (χ3v) is 4.26. The van der Waals surface area contributed by atoms with Crippen molar-refractivity contribution in [2.75, 3.05) is 11.6 Å². The average molecular weight is 364 g/mol. The van der Waals surface area contributed by atoms with E-state index in [0.29, 0.717) is 16.7 Å². The van der Waals surface area contributed by atoms with Crippen LogP contribution in [0.4, 0.5) is 4.79 Å². The third kappa shape index (κ3) is 5.11. The Balaban J connectivity index is 1.90. The fourth-order valence-corrected chi connectivity index (χ4v) is 2.92. The monoisotopic (exact) mass is 364 g/mol. The number of carbonyl (C=O) groups is 2. The first-order valence-corrected chi connectivity index (χ1v) is 8.47. The minimum Gasteiger partial charge on any atom is -0.485 e. The number of benzene rings is 1. The minimum absolute atomic E-state index is 0.106. The van der Waals surface area contributed by atoms with Gasteiger partial charge in [0, 0.05) is 12.2 Å². The van der Waals surface area contributed by atoms with Crippen molar-refractivity contribution in [2.24, 2.45) is 5.73 Å². The maximum Gasteiger partial charge on any atom is 0.318 e. The molecule has 0 saturated carbocycles. The van der Waals surface area contributed by atoms with Crippen molar-refractivity contribution in [1.82, 2.24) is 20.2 Å². The van der Waals surface area contributed by atoms with Gasteiger partial charge in [-0.05, 0) is 25.0 Å². The van der Waals surface area contributed by atoms with E-state index in [-0.39, 0.29) is 13.0 Å². The summed E-state index contributed by atoms with van der Waals surface area (Å²) in [7, 11) is 0. The summed E-state index contributed by atoms with van der Waals surface area (Å²) in [5, 5.41) is 10.4. The van der Waals surface area contributed by atoms with E-state index in [0.717, 1.165) is 16.9 Å². The lowest BCUT2D eigenvalue weighted by atomic mass is 10.1. The summed E-state index contributed by atoms with van der Waals surface area (Å²) in [5.74, 6) is 7.14. The van der Waals surface area contributed by atoms with Crippen molar-refractivity contribution in [3.63, 3.8) is 0 Å². The summed E-state index contributed by atoms with van der Waals surface area (Å²) in [5.41, 5.74) is 6.92. The number of hydrogen-bond donors (Lipinski definition) is 3. The fraction of sp³-hybridized carbons (Fsp3) is 0.333. The number of nitrogens with one attached hydrogen (secondary N) is 1. The highest BCUT2D eigenvalue weighted by molar-refractivity contribution is 7.99. The number of nitrogen functional groups attached to an aromatic ring is 1. The first-order valence-electron chi connectivity index (χ1n) is 7.49. The van der Waals surface area contributed by atoms with Crippen LogP contribution >= 0.6 is 11.8 Å². The number of carbonyl (C=O) groups excluding carboxylic acids is 2. The van der Waals surface area contributed by atoms with E-state index in [2.05, 4.69) is 10.2 Å². The molecule has 1 aromatic heterocycles. The molecular weight excluding hydrogens is 344 g/mol. The van der Waals surface area contributed by atoms with Gasteiger partial charge in [-0.15, -0.1) is 10.2 Å². The molecule has 0 aliphatic rings. The SMILES string of the molecule is Cc1cccc(C)c1OCc1nnc(SCCC(=O)NC(N)=O)n1N. The molecule has 0 saturated heterocycles. The van der Waals surface area contributed by atoms with Crippen LogP contribution < -0.4 is 21.6 Å². The first kappa shape index (κ1) is 18.6. The fourth-order valence-electron chi connectivity index (χ4n) is 2.10. The second-order valence-corrected chi connectivity index (χ2v) is 6.35. The first-order chi connectivity index (χ1) is 11.9. The van der Waals surface area contributed by atoms with Gasteiger partial charge in [-0.25, -0.2) is 9.47 Å². The highest BCUT2D eigenvalue weighted by Crippen LogP contribution is 2.23. The Labute approximate surface area is 149 Å². The Hall–Kier alpha value is -2.75. The lowest BCUT2D eigenvalue weighted by molar-refractivity contribution is -0.119. The van der Waals surface area contributed by atoms with E-state index in [1.807, 2.05) is 37.4 Å². The van der Waals surface area contributed by atoms with Gasteiger partial charge in [0.15, 0.2) is 5.82 Å². The molecule has 0 fully saturated rings. The van der Waals surface area contributed by atoms with Crippen LogP contribution in [0, 0.1) is 13.8 Å². The Bertz CT molecular complexity index is 756. The van der Waals surface area contributed by atoms with Crippen LogP contribution in [0.25, 0.3) is 0 Å². The van der Waals surface area contributed by atoms with Gasteiger partial charge in [-0.1, -0.05) is 30.0 Å². The molecule has 1 aromatic carbocycles. The van der Waals surface area contributed by atoms with Gasteiger partial charge in [0.25, 0.3) is 0 Å². The number of nitrogens with two attached hydrogens (primary N) is 2. The van der Waals surface area contributed by atoms with Crippen LogP contribution in [-0.2, 0) is 11.4 Å². The summed E-state index contributed by atoms with van der Waals surface area (Å²) < 4.78 is 7.13. The second-order valence-electron chi connectivity index (χ2n) is 5.29. The summed E-state index contributed by atoms with van der Waals surface area (Å²) in [4.78, 5) is 21.9. The zero-order chi connectivity index (χ0) is 18.4. The molecule has 0 atom stereocenters. The van der Waals surface area contributed by atoms with E-state index in [1.165, 1.54) is 16.4 Å². The molecule has 25 heavy (non-hydrogen) atoms. The predicted molar refractivity (Wildman–Crippen MR) is 93.5 cm³/mol. The number of nitrogens with zero attached hydrogens (tertiary/aromatic N) is 3. The Kier molecular flexibility index (Phi) is 6.23. The number of imide groups is 1. The maximum atomic E-state index is 11.3. The molecule has 0 radical (unpaired) electrons. The molecule has 2 rings (SSSR count). The molecular formula is C15H20N6O3S. The molecule has 2 aromatic rings. The summed E-state index contributed by atoms with van der Waals surface area (Å²) in [6.45, 7) is 4.11. The number of para-hydroxylation sites is 1. The van der Waals surface area contributed by atoms with E-state index < -0.39 is 11.9 Å². The zero-order valence-electron chi connectivity index (χ0n) is 14.0. The molecule has 0 spiro atoms. The maximum absolute atomic E-state index is 11.3. The van der Waals surface area contributed by atoms with Gasteiger partial charge in [0.2, 0.25) is 11.1 Å². The molecule has 0 unspecified atom stereocenters. The molecule has 10 heteroatoms. The van der Waals surface area contributed by atoms with Gasteiger partial charge >= 0.3 is 6.03 Å². The average Bonchev–Trinajstić information content (AvgIpc) is 2.87. The van der Waals surface area contributed by atoms with Crippen molar-refractivity contribution >= 4 is 23.7 Å². The topological polar surface area (TPSA) is 138 Å². The summed E-state index contributed by atoms with van der Waals surface area (Å²) >= 11 is 1.25. The summed E-state index contributed by atoms with van der Waals surface area (Å²) in [6, 6.07) is 5.02. The van der Waals surface area contributed by atoms with Gasteiger partial charge < -0.3 is 16.3 Å². The molecule has 3 amide bonds. The van der Waals surface area contributed by atoms with Crippen LogP contribution in [0.3, 0.4) is 0 Å². The van der Waals surface area contributed by atoms with Crippen LogP contribution in [0.15, 0.2) is 23.4 Å². The molecule has 0 aliphatic carbocycles. The van der Waals surface area contributed by atoms with Gasteiger partial charge in [-0.2, -0.15) is 0 Å². The molecule has 0 aliphatic heterocycles. The van der Waals surface area contributed by atoms with Crippen LogP contribution in [-0.4, -0.2) is 32.6 Å². The van der Waals surface area contributed by atoms with Crippen LogP contribution in [0.1, 0.15) is 23.4 Å². The van der Waals surface area contributed by atoms with Gasteiger partial charge in [0.05, 0.1) is 0 Å². The number of thioether (sulfide) groups is 1. The van der Waals surface area contributed by atoms with Crippen LogP contribution in [0.2, 0.25) is 0 Å². The zero-order valence-corrected chi connectivity index (χ0v) is 14.8. The number of rotatable bonds is 7. The van der Waals surface area contributed by atoms with E-state index >= 15 is 0 Å². The molecule has 5 N–H and O–H groups in total. The second kappa shape index (κ2) is 8.38. The molecule has 0 bridgehead atoms. The van der Waals surface area contributed by atoms with E-state index in [4.69, 9.17) is 16.3 Å². The smallest absolute Gasteiger partial charge is 0.318 e. The number of amides is 3. The predicted octanol–water partition coefficient (Wildman–Crippen LogP) is 0.865. The normalized spacial score (nSPS) is 10.5. The molecule has 9 nitrogen and oxygen atoms in total. The Morgan fingerprint density at radius 2 is 1.96 bits per heavy atom. The number of ether oxygens (including phenoxy) is 1. The van der Waals surface area contributed by atoms with E-state index in [1.54, 1.807) is 0 Å². The Morgan fingerprint density at radius 3 is 2.60 bits per heavy atom. The van der Waals surface area contributed by atoms with Crippen molar-refractivity contribution in [1.29, 1.82) is 0 Å². The quantitative estimate of drug-likeness (QED) is 0.489.